The molecule has 8 aromatic carbocycles. The van der Waals surface area contributed by atoms with Gasteiger partial charge in [-0.15, -0.1) is 22.7 Å². The number of thiophene rings is 2. The first kappa shape index (κ1) is 28.3. The number of hydrogen-bond acceptors (Lipinski definition) is 3. The highest BCUT2D eigenvalue weighted by molar-refractivity contribution is 7.26. The first-order valence-corrected chi connectivity index (χ1v) is 18.2. The molecule has 10 rings (SSSR count). The lowest BCUT2D eigenvalue weighted by Gasteiger charge is -2.26. The van der Waals surface area contributed by atoms with Crippen LogP contribution in [0.25, 0.3) is 73.4 Å². The molecule has 0 saturated heterocycles. The van der Waals surface area contributed by atoms with Crippen LogP contribution in [-0.4, -0.2) is 0 Å². The van der Waals surface area contributed by atoms with Gasteiger partial charge < -0.3 is 4.90 Å². The molecule has 1 nitrogen and oxygen atoms in total. The molecule has 49 heavy (non-hydrogen) atoms. The van der Waals surface area contributed by atoms with Crippen molar-refractivity contribution in [2.75, 3.05) is 4.90 Å². The van der Waals surface area contributed by atoms with Crippen LogP contribution in [0.15, 0.2) is 176 Å². The second kappa shape index (κ2) is 11.5. The minimum atomic E-state index is 1.13. The highest BCUT2D eigenvalue weighted by Crippen LogP contribution is 2.43. The molecule has 0 unspecified atom stereocenters. The third-order valence-corrected chi connectivity index (χ3v) is 11.9. The number of anilines is 3. The summed E-state index contributed by atoms with van der Waals surface area (Å²) in [6, 6.07) is 64.4. The molecule has 0 saturated carbocycles. The van der Waals surface area contributed by atoms with Crippen molar-refractivity contribution in [3.63, 3.8) is 0 Å². The summed E-state index contributed by atoms with van der Waals surface area (Å²) in [6.45, 7) is 0. The molecule has 0 aliphatic rings. The lowest BCUT2D eigenvalue weighted by Crippen LogP contribution is -2.09. The molecular weight excluding hydrogens is 631 g/mol. The van der Waals surface area contributed by atoms with E-state index in [1.165, 1.54) is 73.4 Å². The molecule has 3 heteroatoms. The van der Waals surface area contributed by atoms with Crippen molar-refractivity contribution in [3.8, 4) is 22.3 Å². The Morgan fingerprint density at radius 1 is 0.306 bits per heavy atom. The highest BCUT2D eigenvalue weighted by atomic mass is 32.1. The quantitative estimate of drug-likeness (QED) is 0.178. The molecule has 2 heterocycles. The van der Waals surface area contributed by atoms with Crippen LogP contribution in [0.5, 0.6) is 0 Å². The first-order chi connectivity index (χ1) is 24.3. The van der Waals surface area contributed by atoms with Crippen molar-refractivity contribution in [2.45, 2.75) is 0 Å². The van der Waals surface area contributed by atoms with Crippen molar-refractivity contribution < 1.29 is 0 Å². The van der Waals surface area contributed by atoms with Gasteiger partial charge in [-0.25, -0.2) is 0 Å². The summed E-state index contributed by atoms with van der Waals surface area (Å²) in [4.78, 5) is 2.38. The Bertz CT molecular complexity index is 2810. The molecule has 0 aliphatic carbocycles. The van der Waals surface area contributed by atoms with Gasteiger partial charge in [0.15, 0.2) is 0 Å². The summed E-state index contributed by atoms with van der Waals surface area (Å²) in [5.74, 6) is 0. The average Bonchev–Trinajstić information content (AvgIpc) is 3.72. The fraction of sp³-hybridized carbons (Fsp3) is 0. The average molecular weight is 660 g/mol. The second-order valence-electron chi connectivity index (χ2n) is 12.5. The number of rotatable bonds is 5. The molecule has 0 N–H and O–H groups in total. The minimum Gasteiger partial charge on any atom is -0.310 e. The molecule has 0 bridgehead atoms. The summed E-state index contributed by atoms with van der Waals surface area (Å²) < 4.78 is 5.29. The summed E-state index contributed by atoms with van der Waals surface area (Å²) in [5.41, 5.74) is 8.31. The van der Waals surface area contributed by atoms with E-state index in [9.17, 15) is 0 Å². The topological polar surface area (TPSA) is 3.24 Å². The van der Waals surface area contributed by atoms with Crippen LogP contribution in [0, 0.1) is 0 Å². The Morgan fingerprint density at radius 3 is 1.57 bits per heavy atom. The zero-order valence-corrected chi connectivity index (χ0v) is 28.1. The van der Waals surface area contributed by atoms with Crippen LogP contribution >= 0.6 is 22.7 Å². The molecule has 2 aromatic heterocycles. The Hall–Kier alpha value is -5.74. The smallest absolute Gasteiger partial charge is 0.0476 e. The Morgan fingerprint density at radius 2 is 0.857 bits per heavy atom. The highest BCUT2D eigenvalue weighted by Gasteiger charge is 2.16. The van der Waals surface area contributed by atoms with Crippen LogP contribution in [0.3, 0.4) is 0 Å². The molecule has 0 aliphatic heterocycles. The Labute approximate surface area is 292 Å². The van der Waals surface area contributed by atoms with E-state index in [-0.39, 0.29) is 0 Å². The molecule has 230 valence electrons. The lowest BCUT2D eigenvalue weighted by molar-refractivity contribution is 1.29. The predicted octanol–water partition coefficient (Wildman–Crippen LogP) is 14.4. The fourth-order valence-corrected chi connectivity index (χ4v) is 9.55. The van der Waals surface area contributed by atoms with Crippen LogP contribution in [0.1, 0.15) is 0 Å². The molecular formula is C46H29NS2. The third kappa shape index (κ3) is 4.82. The zero-order chi connectivity index (χ0) is 32.3. The third-order valence-electron chi connectivity index (χ3n) is 9.67. The van der Waals surface area contributed by atoms with Crippen molar-refractivity contribution in [2.24, 2.45) is 0 Å². The number of benzene rings is 8. The van der Waals surface area contributed by atoms with Crippen molar-refractivity contribution >= 4 is 90.9 Å². The van der Waals surface area contributed by atoms with E-state index in [0.717, 1.165) is 17.1 Å². The fourth-order valence-electron chi connectivity index (χ4n) is 7.27. The van der Waals surface area contributed by atoms with Crippen LogP contribution in [0.2, 0.25) is 0 Å². The number of nitrogens with zero attached hydrogens (tertiary/aromatic N) is 1. The minimum absolute atomic E-state index is 1.13. The van der Waals surface area contributed by atoms with E-state index in [4.69, 9.17) is 0 Å². The Balaban J connectivity index is 1.09. The molecule has 0 spiro atoms. The van der Waals surface area contributed by atoms with Gasteiger partial charge in [-0.2, -0.15) is 0 Å². The van der Waals surface area contributed by atoms with Gasteiger partial charge >= 0.3 is 0 Å². The van der Waals surface area contributed by atoms with Gasteiger partial charge in [0.05, 0.1) is 0 Å². The van der Waals surface area contributed by atoms with Gasteiger partial charge in [0.25, 0.3) is 0 Å². The monoisotopic (exact) mass is 659 g/mol. The largest absolute Gasteiger partial charge is 0.310 e. The van der Waals surface area contributed by atoms with E-state index >= 15 is 0 Å². The SMILES string of the molecule is c1ccc(-c2ccc(N(c3ccc(-c4cccc5cc6sc7ccccc7c6cc45)cc3)c3ccc4c(c3)sc3ccccc34)cc2)cc1. The van der Waals surface area contributed by atoms with E-state index in [2.05, 4.69) is 181 Å². The van der Waals surface area contributed by atoms with Crippen LogP contribution in [-0.2, 0) is 0 Å². The van der Waals surface area contributed by atoms with Gasteiger partial charge in [0, 0.05) is 57.4 Å². The van der Waals surface area contributed by atoms with E-state index in [1.54, 1.807) is 0 Å². The van der Waals surface area contributed by atoms with Crippen molar-refractivity contribution in [1.29, 1.82) is 0 Å². The molecule has 10 aromatic rings. The Kier molecular flexibility index (Phi) is 6.61. The molecule has 0 atom stereocenters. The maximum Gasteiger partial charge on any atom is 0.0476 e. The molecule has 0 fully saturated rings. The second-order valence-corrected chi connectivity index (χ2v) is 14.7. The normalized spacial score (nSPS) is 11.7. The zero-order valence-electron chi connectivity index (χ0n) is 26.5. The maximum absolute atomic E-state index is 2.40. The summed E-state index contributed by atoms with van der Waals surface area (Å²) >= 11 is 3.74. The first-order valence-electron chi connectivity index (χ1n) is 16.6. The van der Waals surface area contributed by atoms with Gasteiger partial charge in [-0.3, -0.25) is 0 Å². The van der Waals surface area contributed by atoms with Gasteiger partial charge in [-0.05, 0) is 93.7 Å². The number of fused-ring (bicyclic) bond motifs is 7. The van der Waals surface area contributed by atoms with Crippen molar-refractivity contribution in [3.05, 3.63) is 176 Å². The predicted molar refractivity (Wildman–Crippen MR) is 215 cm³/mol. The van der Waals surface area contributed by atoms with Crippen LogP contribution in [0.4, 0.5) is 17.1 Å². The molecule has 0 amide bonds. The molecule has 0 radical (unpaired) electrons. The van der Waals surface area contributed by atoms with E-state index in [1.807, 2.05) is 22.7 Å². The van der Waals surface area contributed by atoms with Gasteiger partial charge in [0.2, 0.25) is 0 Å². The van der Waals surface area contributed by atoms with E-state index in [0.29, 0.717) is 0 Å². The van der Waals surface area contributed by atoms with Gasteiger partial charge in [-0.1, -0.05) is 115 Å². The maximum atomic E-state index is 2.40. The summed E-state index contributed by atoms with van der Waals surface area (Å²) in [5, 5.41) is 7.85. The standard InChI is InChI=1S/C46H29NS2/c1-2-9-30(10-3-1)31-17-21-34(22-18-31)47(36-25-26-40-38-12-4-6-15-43(38)49-46(40)28-36)35-23-19-32(20-24-35)37-14-8-11-33-27-45-42(29-41(33)37)39-13-5-7-16-44(39)48-45/h1-29H. The summed E-state index contributed by atoms with van der Waals surface area (Å²) in [7, 11) is 0. The summed E-state index contributed by atoms with van der Waals surface area (Å²) in [6.07, 6.45) is 0. The number of hydrogen-bond donors (Lipinski definition) is 0. The van der Waals surface area contributed by atoms with Crippen LogP contribution < -0.4 is 4.90 Å². The van der Waals surface area contributed by atoms with Crippen molar-refractivity contribution in [1.82, 2.24) is 0 Å². The lowest BCUT2D eigenvalue weighted by atomic mass is 9.96. The van der Waals surface area contributed by atoms with Gasteiger partial charge in [0.1, 0.15) is 0 Å². The van der Waals surface area contributed by atoms with E-state index < -0.39 is 0 Å².